The SMILES string of the molecule is OCN1C=Nc2cccc3cccc1c23. The van der Waals surface area contributed by atoms with E-state index in [4.69, 9.17) is 0 Å². The van der Waals surface area contributed by atoms with Gasteiger partial charge in [0, 0.05) is 5.39 Å². The maximum atomic E-state index is 9.20. The summed E-state index contributed by atoms with van der Waals surface area (Å²) in [6.45, 7) is -0.0447. The first-order valence-electron chi connectivity index (χ1n) is 4.83. The summed E-state index contributed by atoms with van der Waals surface area (Å²) in [6, 6.07) is 12.1. The van der Waals surface area contributed by atoms with Crippen molar-refractivity contribution in [2.45, 2.75) is 0 Å². The fraction of sp³-hybridized carbons (Fsp3) is 0.0833. The van der Waals surface area contributed by atoms with Crippen LogP contribution in [0.1, 0.15) is 0 Å². The van der Waals surface area contributed by atoms with E-state index in [1.165, 1.54) is 0 Å². The van der Waals surface area contributed by atoms with Gasteiger partial charge in [0.25, 0.3) is 0 Å². The maximum absolute atomic E-state index is 9.20. The Morgan fingerprint density at radius 3 is 2.73 bits per heavy atom. The number of benzene rings is 2. The smallest absolute Gasteiger partial charge is 0.121 e. The second-order valence-electron chi connectivity index (χ2n) is 3.51. The molecule has 0 spiro atoms. The zero-order valence-electron chi connectivity index (χ0n) is 8.09. The summed E-state index contributed by atoms with van der Waals surface area (Å²) >= 11 is 0. The lowest BCUT2D eigenvalue weighted by molar-refractivity contribution is 0.309. The second-order valence-corrected chi connectivity index (χ2v) is 3.51. The van der Waals surface area contributed by atoms with E-state index in [2.05, 4.69) is 17.1 Å². The lowest BCUT2D eigenvalue weighted by atomic mass is 10.1. The van der Waals surface area contributed by atoms with Crippen LogP contribution < -0.4 is 4.90 Å². The molecule has 0 atom stereocenters. The molecule has 0 aromatic heterocycles. The van der Waals surface area contributed by atoms with Crippen LogP contribution in [-0.4, -0.2) is 18.2 Å². The van der Waals surface area contributed by atoms with Crippen LogP contribution in [-0.2, 0) is 0 Å². The predicted molar refractivity (Wildman–Crippen MR) is 61.7 cm³/mol. The molecule has 1 aliphatic rings. The zero-order valence-corrected chi connectivity index (χ0v) is 8.09. The summed E-state index contributed by atoms with van der Waals surface area (Å²) in [5, 5.41) is 11.5. The Labute approximate surface area is 87.3 Å². The first kappa shape index (κ1) is 8.44. The summed E-state index contributed by atoms with van der Waals surface area (Å²) in [6.07, 6.45) is 1.66. The third-order valence-corrected chi connectivity index (χ3v) is 2.66. The highest BCUT2D eigenvalue weighted by Crippen LogP contribution is 2.36. The molecule has 2 aromatic rings. The number of aliphatic hydroxyl groups excluding tert-OH is 1. The molecule has 3 heteroatoms. The second kappa shape index (κ2) is 3.07. The van der Waals surface area contributed by atoms with Crippen LogP contribution in [0.5, 0.6) is 0 Å². The number of aliphatic hydroxyl groups is 1. The molecular formula is C12H10N2O. The highest BCUT2D eigenvalue weighted by Gasteiger charge is 2.13. The van der Waals surface area contributed by atoms with Crippen molar-refractivity contribution in [1.29, 1.82) is 0 Å². The number of rotatable bonds is 1. The standard InChI is InChI=1S/C12H10N2O/c15-8-14-7-13-10-5-1-3-9-4-2-6-11(14)12(9)10/h1-7,15H,8H2. The third-order valence-electron chi connectivity index (χ3n) is 2.66. The van der Waals surface area contributed by atoms with Gasteiger partial charge in [-0.3, -0.25) is 0 Å². The van der Waals surface area contributed by atoms with E-state index in [1.807, 2.05) is 24.3 Å². The number of hydrogen-bond donors (Lipinski definition) is 1. The van der Waals surface area contributed by atoms with Gasteiger partial charge in [0.1, 0.15) is 6.73 Å². The minimum absolute atomic E-state index is 0.0447. The summed E-state index contributed by atoms with van der Waals surface area (Å²) in [7, 11) is 0. The van der Waals surface area contributed by atoms with Gasteiger partial charge in [-0.1, -0.05) is 24.3 Å². The van der Waals surface area contributed by atoms with Crippen LogP contribution in [0, 0.1) is 0 Å². The maximum Gasteiger partial charge on any atom is 0.121 e. The molecule has 0 amide bonds. The van der Waals surface area contributed by atoms with Crippen molar-refractivity contribution >= 4 is 28.5 Å². The van der Waals surface area contributed by atoms with Crippen molar-refractivity contribution in [2.75, 3.05) is 11.6 Å². The van der Waals surface area contributed by atoms with E-state index in [9.17, 15) is 5.11 Å². The normalized spacial score (nSPS) is 13.5. The fourth-order valence-electron chi connectivity index (χ4n) is 1.96. The summed E-state index contributed by atoms with van der Waals surface area (Å²) in [5.41, 5.74) is 1.98. The van der Waals surface area contributed by atoms with Crippen LogP contribution in [0.2, 0.25) is 0 Å². The van der Waals surface area contributed by atoms with Crippen molar-refractivity contribution < 1.29 is 5.11 Å². The molecule has 0 bridgehead atoms. The van der Waals surface area contributed by atoms with E-state index < -0.39 is 0 Å². The van der Waals surface area contributed by atoms with E-state index in [0.717, 1.165) is 22.1 Å². The summed E-state index contributed by atoms with van der Waals surface area (Å²) < 4.78 is 0. The quantitative estimate of drug-likeness (QED) is 0.763. The molecule has 0 saturated heterocycles. The minimum Gasteiger partial charge on any atom is -0.376 e. The molecule has 0 fully saturated rings. The van der Waals surface area contributed by atoms with Crippen molar-refractivity contribution in [3.8, 4) is 0 Å². The van der Waals surface area contributed by atoms with Crippen LogP contribution in [0.25, 0.3) is 10.8 Å². The molecule has 15 heavy (non-hydrogen) atoms. The van der Waals surface area contributed by atoms with Crippen LogP contribution >= 0.6 is 0 Å². The van der Waals surface area contributed by atoms with Crippen molar-refractivity contribution in [1.82, 2.24) is 0 Å². The molecular weight excluding hydrogens is 188 g/mol. The van der Waals surface area contributed by atoms with Gasteiger partial charge in [0.2, 0.25) is 0 Å². The Bertz CT molecular complexity index is 543. The highest BCUT2D eigenvalue weighted by molar-refractivity contribution is 6.09. The Morgan fingerprint density at radius 1 is 1.13 bits per heavy atom. The van der Waals surface area contributed by atoms with Crippen LogP contribution in [0.4, 0.5) is 11.4 Å². The molecule has 3 rings (SSSR count). The zero-order chi connectivity index (χ0) is 10.3. The van der Waals surface area contributed by atoms with Gasteiger partial charge in [0.15, 0.2) is 0 Å². The van der Waals surface area contributed by atoms with E-state index >= 15 is 0 Å². The number of aliphatic imine (C=N–C) groups is 1. The van der Waals surface area contributed by atoms with Gasteiger partial charge in [-0.2, -0.15) is 0 Å². The fourth-order valence-corrected chi connectivity index (χ4v) is 1.96. The largest absolute Gasteiger partial charge is 0.376 e. The first-order chi connectivity index (χ1) is 7.40. The van der Waals surface area contributed by atoms with Gasteiger partial charge >= 0.3 is 0 Å². The molecule has 1 N–H and O–H groups in total. The third kappa shape index (κ3) is 1.13. The van der Waals surface area contributed by atoms with Gasteiger partial charge < -0.3 is 10.0 Å². The van der Waals surface area contributed by atoms with E-state index in [0.29, 0.717) is 0 Å². The Balaban J connectivity index is 2.41. The van der Waals surface area contributed by atoms with Gasteiger partial charge in [-0.05, 0) is 17.5 Å². The molecule has 0 aliphatic carbocycles. The Hall–Kier alpha value is -1.87. The first-order valence-corrected chi connectivity index (χ1v) is 4.83. The molecule has 1 heterocycles. The van der Waals surface area contributed by atoms with Gasteiger partial charge in [-0.15, -0.1) is 0 Å². The number of hydrogen-bond acceptors (Lipinski definition) is 3. The lowest BCUT2D eigenvalue weighted by Crippen LogP contribution is -2.23. The van der Waals surface area contributed by atoms with Gasteiger partial charge in [0.05, 0.1) is 17.7 Å². The molecule has 3 nitrogen and oxygen atoms in total. The number of nitrogens with zero attached hydrogens (tertiary/aromatic N) is 2. The average Bonchev–Trinajstić information content (AvgIpc) is 2.30. The molecule has 0 unspecified atom stereocenters. The summed E-state index contributed by atoms with van der Waals surface area (Å²) in [4.78, 5) is 6.04. The topological polar surface area (TPSA) is 35.8 Å². The Morgan fingerprint density at radius 2 is 1.93 bits per heavy atom. The molecule has 0 radical (unpaired) electrons. The highest BCUT2D eigenvalue weighted by atomic mass is 16.3. The molecule has 74 valence electrons. The predicted octanol–water partition coefficient (Wildman–Crippen LogP) is 2.27. The van der Waals surface area contributed by atoms with Gasteiger partial charge in [-0.25, -0.2) is 4.99 Å². The van der Waals surface area contributed by atoms with E-state index in [1.54, 1.807) is 11.2 Å². The monoisotopic (exact) mass is 198 g/mol. The van der Waals surface area contributed by atoms with Crippen molar-refractivity contribution in [2.24, 2.45) is 4.99 Å². The van der Waals surface area contributed by atoms with Crippen molar-refractivity contribution in [3.05, 3.63) is 36.4 Å². The Kier molecular flexibility index (Phi) is 1.73. The molecule has 2 aromatic carbocycles. The average molecular weight is 198 g/mol. The van der Waals surface area contributed by atoms with Crippen molar-refractivity contribution in [3.63, 3.8) is 0 Å². The van der Waals surface area contributed by atoms with Crippen LogP contribution in [0.3, 0.4) is 0 Å². The lowest BCUT2D eigenvalue weighted by Gasteiger charge is -2.22. The summed E-state index contributed by atoms with van der Waals surface area (Å²) in [5.74, 6) is 0. The molecule has 1 aliphatic heterocycles. The molecule has 0 saturated carbocycles. The van der Waals surface area contributed by atoms with Crippen LogP contribution in [0.15, 0.2) is 41.4 Å². The minimum atomic E-state index is -0.0447. The number of anilines is 1. The van der Waals surface area contributed by atoms with E-state index in [-0.39, 0.29) is 6.73 Å².